The number of rotatable bonds is 6. The average molecular weight is 300 g/mol. The number of aliphatic hydroxyl groups is 1. The molecular formula is C15H24O4S. The summed E-state index contributed by atoms with van der Waals surface area (Å²) >= 11 is 0. The van der Waals surface area contributed by atoms with Crippen LogP contribution < -0.4 is 4.74 Å². The summed E-state index contributed by atoms with van der Waals surface area (Å²) < 4.78 is 28.5. The number of sulfone groups is 1. The molecule has 0 saturated heterocycles. The van der Waals surface area contributed by atoms with Gasteiger partial charge in [-0.25, -0.2) is 8.42 Å². The van der Waals surface area contributed by atoms with Crippen molar-refractivity contribution in [2.45, 2.75) is 45.0 Å². The van der Waals surface area contributed by atoms with Gasteiger partial charge in [0, 0.05) is 0 Å². The molecule has 4 nitrogen and oxygen atoms in total. The molecule has 1 atom stereocenters. The van der Waals surface area contributed by atoms with Gasteiger partial charge in [0.2, 0.25) is 0 Å². The van der Waals surface area contributed by atoms with Gasteiger partial charge in [0.25, 0.3) is 0 Å². The molecule has 1 N–H and O–H groups in total. The lowest BCUT2D eigenvalue weighted by Gasteiger charge is -2.19. The van der Waals surface area contributed by atoms with E-state index in [1.165, 1.54) is 0 Å². The summed E-state index contributed by atoms with van der Waals surface area (Å²) in [5.41, 5.74) is 0.835. The first-order valence-electron chi connectivity index (χ1n) is 6.80. The molecule has 0 bridgehead atoms. The molecule has 1 unspecified atom stereocenters. The van der Waals surface area contributed by atoms with Crippen LogP contribution >= 0.6 is 0 Å². The first-order valence-corrected chi connectivity index (χ1v) is 8.45. The molecule has 1 rings (SSSR count). The van der Waals surface area contributed by atoms with E-state index in [2.05, 4.69) is 0 Å². The van der Waals surface area contributed by atoms with Crippen LogP contribution in [0.1, 0.15) is 45.8 Å². The van der Waals surface area contributed by atoms with Gasteiger partial charge in [-0.3, -0.25) is 0 Å². The third-order valence-electron chi connectivity index (χ3n) is 3.21. The highest BCUT2D eigenvalue weighted by molar-refractivity contribution is 7.92. The number of hydrogen-bond acceptors (Lipinski definition) is 4. The lowest BCUT2D eigenvalue weighted by Crippen LogP contribution is -2.32. The zero-order valence-electron chi connectivity index (χ0n) is 12.6. The van der Waals surface area contributed by atoms with Crippen molar-refractivity contribution in [1.29, 1.82) is 0 Å². The highest BCUT2D eigenvalue weighted by Gasteiger charge is 2.28. The molecule has 0 amide bonds. The van der Waals surface area contributed by atoms with E-state index in [4.69, 9.17) is 4.74 Å². The van der Waals surface area contributed by atoms with Crippen LogP contribution in [-0.4, -0.2) is 30.6 Å². The molecule has 1 aromatic carbocycles. The minimum atomic E-state index is -3.16. The summed E-state index contributed by atoms with van der Waals surface area (Å²) in [7, 11) is -3.16. The lowest BCUT2D eigenvalue weighted by molar-refractivity contribution is 0.173. The largest absolute Gasteiger partial charge is 0.493 e. The van der Waals surface area contributed by atoms with E-state index in [9.17, 15) is 13.5 Å². The first-order chi connectivity index (χ1) is 9.17. The number of benzene rings is 1. The van der Waals surface area contributed by atoms with Gasteiger partial charge in [-0.05, 0) is 44.9 Å². The van der Waals surface area contributed by atoms with Crippen molar-refractivity contribution in [2.24, 2.45) is 0 Å². The lowest BCUT2D eigenvalue weighted by atomic mass is 10.1. The average Bonchev–Trinajstić information content (AvgIpc) is 2.37. The molecule has 0 spiro atoms. The van der Waals surface area contributed by atoms with Gasteiger partial charge in [0.05, 0.1) is 16.6 Å². The summed E-state index contributed by atoms with van der Waals surface area (Å²) in [4.78, 5) is 0. The van der Waals surface area contributed by atoms with Gasteiger partial charge >= 0.3 is 0 Å². The number of hydrogen-bond donors (Lipinski definition) is 1. The Morgan fingerprint density at radius 3 is 2.20 bits per heavy atom. The molecule has 0 fully saturated rings. The van der Waals surface area contributed by atoms with Gasteiger partial charge < -0.3 is 9.84 Å². The fourth-order valence-electron chi connectivity index (χ4n) is 1.60. The second-order valence-electron chi connectivity index (χ2n) is 5.77. The van der Waals surface area contributed by atoms with Crippen molar-refractivity contribution in [2.75, 3.05) is 12.4 Å². The van der Waals surface area contributed by atoms with Crippen molar-refractivity contribution in [1.82, 2.24) is 0 Å². The van der Waals surface area contributed by atoms with Crippen LogP contribution in [0.25, 0.3) is 0 Å². The van der Waals surface area contributed by atoms with Crippen LogP contribution in [0.4, 0.5) is 0 Å². The van der Waals surface area contributed by atoms with Crippen molar-refractivity contribution in [3.63, 3.8) is 0 Å². The first kappa shape index (κ1) is 17.0. The fourth-order valence-corrected chi connectivity index (χ4v) is 2.51. The number of aliphatic hydroxyl groups excluding tert-OH is 1. The van der Waals surface area contributed by atoms with Crippen LogP contribution in [0.3, 0.4) is 0 Å². The fraction of sp³-hybridized carbons (Fsp3) is 0.600. The van der Waals surface area contributed by atoms with Crippen LogP contribution in [0.2, 0.25) is 0 Å². The van der Waals surface area contributed by atoms with Gasteiger partial charge in [-0.15, -0.1) is 0 Å². The van der Waals surface area contributed by atoms with E-state index in [1.807, 2.05) is 6.92 Å². The molecule has 20 heavy (non-hydrogen) atoms. The Morgan fingerprint density at radius 2 is 1.75 bits per heavy atom. The van der Waals surface area contributed by atoms with Crippen LogP contribution in [0.5, 0.6) is 5.75 Å². The van der Waals surface area contributed by atoms with E-state index in [1.54, 1.807) is 45.0 Å². The smallest absolute Gasteiger partial charge is 0.158 e. The highest BCUT2D eigenvalue weighted by Crippen LogP contribution is 2.20. The zero-order chi connectivity index (χ0) is 15.4. The van der Waals surface area contributed by atoms with Crippen molar-refractivity contribution >= 4 is 9.84 Å². The summed E-state index contributed by atoms with van der Waals surface area (Å²) in [5, 5.41) is 9.67. The molecule has 0 aliphatic carbocycles. The van der Waals surface area contributed by atoms with E-state index in [-0.39, 0.29) is 12.4 Å². The highest BCUT2D eigenvalue weighted by atomic mass is 32.2. The SMILES string of the molecule is CCC(O)c1ccc(OCCS(=O)(=O)C(C)(C)C)cc1. The molecule has 0 radical (unpaired) electrons. The summed E-state index contributed by atoms with van der Waals surface area (Å²) in [6, 6.07) is 7.08. The summed E-state index contributed by atoms with van der Waals surface area (Å²) in [6.07, 6.45) is 0.189. The predicted molar refractivity (Wildman–Crippen MR) is 80.7 cm³/mol. The monoisotopic (exact) mass is 300 g/mol. The van der Waals surface area contributed by atoms with E-state index in [0.29, 0.717) is 12.2 Å². The Morgan fingerprint density at radius 1 is 1.20 bits per heavy atom. The molecule has 0 aromatic heterocycles. The predicted octanol–water partition coefficient (Wildman–Crippen LogP) is 2.72. The van der Waals surface area contributed by atoms with E-state index >= 15 is 0 Å². The second-order valence-corrected chi connectivity index (χ2v) is 8.64. The minimum Gasteiger partial charge on any atom is -0.493 e. The van der Waals surface area contributed by atoms with E-state index in [0.717, 1.165) is 5.56 Å². The Balaban J connectivity index is 2.55. The molecule has 0 saturated carbocycles. The maximum absolute atomic E-state index is 11.9. The van der Waals surface area contributed by atoms with E-state index < -0.39 is 20.7 Å². The maximum atomic E-state index is 11.9. The van der Waals surface area contributed by atoms with Crippen LogP contribution in [0, 0.1) is 0 Å². The quantitative estimate of drug-likeness (QED) is 0.877. The molecule has 0 aliphatic heterocycles. The maximum Gasteiger partial charge on any atom is 0.158 e. The van der Waals surface area contributed by atoms with Crippen molar-refractivity contribution in [3.05, 3.63) is 29.8 Å². The third-order valence-corrected chi connectivity index (χ3v) is 5.78. The third kappa shape index (κ3) is 4.49. The number of ether oxygens (including phenoxy) is 1. The molecule has 0 heterocycles. The van der Waals surface area contributed by atoms with Gasteiger partial charge in [-0.2, -0.15) is 0 Å². The normalized spacial score (nSPS) is 14.1. The van der Waals surface area contributed by atoms with Gasteiger partial charge in [0.1, 0.15) is 12.4 Å². The molecule has 1 aromatic rings. The minimum absolute atomic E-state index is 0.00413. The summed E-state index contributed by atoms with van der Waals surface area (Å²) in [6.45, 7) is 7.09. The molecule has 114 valence electrons. The topological polar surface area (TPSA) is 63.6 Å². The molecule has 5 heteroatoms. The molecular weight excluding hydrogens is 276 g/mol. The standard InChI is InChI=1S/C15H24O4S/c1-5-14(16)12-6-8-13(9-7-12)19-10-11-20(17,18)15(2,3)4/h6-9,14,16H,5,10-11H2,1-4H3. The van der Waals surface area contributed by atoms with Crippen molar-refractivity contribution in [3.8, 4) is 5.75 Å². The van der Waals surface area contributed by atoms with Crippen LogP contribution in [0.15, 0.2) is 24.3 Å². The van der Waals surface area contributed by atoms with Crippen molar-refractivity contribution < 1.29 is 18.3 Å². The summed E-state index contributed by atoms with van der Waals surface area (Å²) in [5.74, 6) is 0.608. The van der Waals surface area contributed by atoms with Gasteiger partial charge in [-0.1, -0.05) is 19.1 Å². The second kappa shape index (κ2) is 6.59. The van der Waals surface area contributed by atoms with Crippen LogP contribution in [-0.2, 0) is 9.84 Å². The van der Waals surface area contributed by atoms with Gasteiger partial charge in [0.15, 0.2) is 9.84 Å². The Labute approximate surface area is 121 Å². The Bertz CT molecular complexity index is 512. The molecule has 0 aliphatic rings. The Kier molecular flexibility index (Phi) is 5.59. The Hall–Kier alpha value is -1.07. The zero-order valence-corrected chi connectivity index (χ0v) is 13.4.